The topological polar surface area (TPSA) is 80.6 Å². The molecule has 4 rings (SSSR count). The molecule has 2 heterocycles. The van der Waals surface area contributed by atoms with Gasteiger partial charge in [0.15, 0.2) is 5.58 Å². The predicted molar refractivity (Wildman–Crippen MR) is 89.0 cm³/mol. The summed E-state index contributed by atoms with van der Waals surface area (Å²) < 4.78 is 24.4. The fourth-order valence-corrected chi connectivity index (χ4v) is 2.92. The van der Waals surface area contributed by atoms with Gasteiger partial charge in [-0.15, -0.1) is 0 Å². The van der Waals surface area contributed by atoms with Crippen molar-refractivity contribution in [3.63, 3.8) is 0 Å². The van der Waals surface area contributed by atoms with Crippen LogP contribution >= 0.6 is 0 Å². The predicted octanol–water partition coefficient (Wildman–Crippen LogP) is 3.97. The number of carbonyl (C=O) groups is 1. The van der Waals surface area contributed by atoms with Crippen LogP contribution in [0, 0.1) is 5.82 Å². The van der Waals surface area contributed by atoms with Gasteiger partial charge < -0.3 is 13.9 Å². The number of hydrogen-bond donors (Lipinski definition) is 1. The monoisotopic (exact) mass is 338 g/mol. The maximum atomic E-state index is 13.2. The number of rotatable bonds is 3. The highest BCUT2D eigenvalue weighted by atomic mass is 19.1. The van der Waals surface area contributed by atoms with E-state index in [4.69, 9.17) is 8.83 Å². The molecule has 0 bridgehead atoms. The lowest BCUT2D eigenvalue weighted by atomic mass is 10.0. The van der Waals surface area contributed by atoms with Crippen LogP contribution in [0.3, 0.4) is 0 Å². The van der Waals surface area contributed by atoms with E-state index < -0.39 is 23.8 Å². The van der Waals surface area contributed by atoms with Gasteiger partial charge in [-0.1, -0.05) is 12.1 Å². The van der Waals surface area contributed by atoms with Gasteiger partial charge in [0.05, 0.1) is 11.8 Å². The molecule has 6 heteroatoms. The Hall–Kier alpha value is -3.41. The van der Waals surface area contributed by atoms with Gasteiger partial charge in [0.25, 0.3) is 0 Å². The number of halogens is 1. The van der Waals surface area contributed by atoms with Gasteiger partial charge in [-0.2, -0.15) is 0 Å². The van der Waals surface area contributed by atoms with Gasteiger partial charge in [0.2, 0.25) is 0 Å². The molecule has 1 N–H and O–H groups in total. The van der Waals surface area contributed by atoms with Crippen LogP contribution in [0.15, 0.2) is 62.2 Å². The molecule has 0 spiro atoms. The van der Waals surface area contributed by atoms with Crippen LogP contribution in [0.1, 0.15) is 5.56 Å². The normalized spacial score (nSPS) is 11.2. The Kier molecular flexibility index (Phi) is 3.39. The van der Waals surface area contributed by atoms with Crippen molar-refractivity contribution < 1.29 is 23.1 Å². The summed E-state index contributed by atoms with van der Waals surface area (Å²) in [7, 11) is 0. The quantitative estimate of drug-likeness (QED) is 0.572. The molecule has 4 aromatic rings. The number of furan rings is 1. The molecule has 0 radical (unpaired) electrons. The maximum absolute atomic E-state index is 13.2. The molecule has 0 saturated carbocycles. The summed E-state index contributed by atoms with van der Waals surface area (Å²) in [4.78, 5) is 23.7. The number of benzene rings is 2. The van der Waals surface area contributed by atoms with Crippen LogP contribution in [-0.4, -0.2) is 11.1 Å². The molecule has 0 atom stereocenters. The van der Waals surface area contributed by atoms with Crippen molar-refractivity contribution in [2.75, 3.05) is 0 Å². The highest BCUT2D eigenvalue weighted by Crippen LogP contribution is 2.35. The van der Waals surface area contributed by atoms with Gasteiger partial charge in [-0.25, -0.2) is 9.18 Å². The smallest absolute Gasteiger partial charge is 0.347 e. The molecule has 0 saturated heterocycles. The minimum absolute atomic E-state index is 0.0976. The van der Waals surface area contributed by atoms with Gasteiger partial charge in [0.1, 0.15) is 22.5 Å². The van der Waals surface area contributed by atoms with Crippen LogP contribution in [0.4, 0.5) is 4.39 Å². The first-order valence-corrected chi connectivity index (χ1v) is 7.49. The van der Waals surface area contributed by atoms with Crippen LogP contribution in [0.5, 0.6) is 0 Å². The lowest BCUT2D eigenvalue weighted by molar-refractivity contribution is -0.136. The maximum Gasteiger partial charge on any atom is 0.347 e. The lowest BCUT2D eigenvalue weighted by Crippen LogP contribution is -2.06. The number of carboxylic acids is 1. The van der Waals surface area contributed by atoms with E-state index in [1.165, 1.54) is 24.3 Å². The first kappa shape index (κ1) is 15.1. The first-order chi connectivity index (χ1) is 12.0. The third-order valence-corrected chi connectivity index (χ3v) is 3.98. The molecule has 0 aliphatic heterocycles. The fraction of sp³-hybridized carbons (Fsp3) is 0.0526. The largest absolute Gasteiger partial charge is 0.481 e. The van der Waals surface area contributed by atoms with Crippen molar-refractivity contribution >= 4 is 27.9 Å². The molecule has 2 aromatic heterocycles. The van der Waals surface area contributed by atoms with E-state index in [-0.39, 0.29) is 22.3 Å². The van der Waals surface area contributed by atoms with E-state index in [0.717, 1.165) is 0 Å². The van der Waals surface area contributed by atoms with Gasteiger partial charge in [0, 0.05) is 11.1 Å². The van der Waals surface area contributed by atoms with Gasteiger partial charge >= 0.3 is 11.6 Å². The fourth-order valence-electron chi connectivity index (χ4n) is 2.92. The Balaban J connectivity index is 2.13. The third kappa shape index (κ3) is 2.48. The summed E-state index contributed by atoms with van der Waals surface area (Å²) >= 11 is 0. The minimum atomic E-state index is -1.11. The van der Waals surface area contributed by atoms with Crippen molar-refractivity contribution in [2.24, 2.45) is 0 Å². The molecule has 0 aliphatic rings. The molecule has 0 fully saturated rings. The minimum Gasteiger partial charge on any atom is -0.481 e. The van der Waals surface area contributed by atoms with E-state index in [9.17, 15) is 19.1 Å². The average Bonchev–Trinajstić information content (AvgIpc) is 2.95. The Morgan fingerprint density at radius 3 is 2.48 bits per heavy atom. The summed E-state index contributed by atoms with van der Waals surface area (Å²) in [5.41, 5.74) is 0.650. The summed E-state index contributed by atoms with van der Waals surface area (Å²) in [5, 5.41) is 9.89. The van der Waals surface area contributed by atoms with E-state index >= 15 is 0 Å². The van der Waals surface area contributed by atoms with Crippen LogP contribution < -0.4 is 5.63 Å². The molecule has 0 amide bonds. The van der Waals surface area contributed by atoms with Crippen LogP contribution in [0.25, 0.3) is 33.3 Å². The lowest BCUT2D eigenvalue weighted by Gasteiger charge is -2.00. The number of fused-ring (bicyclic) bond motifs is 3. The van der Waals surface area contributed by atoms with E-state index in [1.807, 2.05) is 0 Å². The molecule has 25 heavy (non-hydrogen) atoms. The highest BCUT2D eigenvalue weighted by Gasteiger charge is 2.23. The first-order valence-electron chi connectivity index (χ1n) is 7.49. The summed E-state index contributed by atoms with van der Waals surface area (Å²) in [5.74, 6) is -1.32. The zero-order valence-corrected chi connectivity index (χ0v) is 12.8. The molecule has 124 valence electrons. The Labute approximate surface area is 139 Å². The van der Waals surface area contributed by atoms with E-state index in [1.54, 1.807) is 24.3 Å². The summed E-state index contributed by atoms with van der Waals surface area (Å²) in [6, 6.07) is 12.3. The Bertz CT molecular complexity index is 1170. The van der Waals surface area contributed by atoms with Crippen LogP contribution in [0.2, 0.25) is 0 Å². The molecule has 5 nitrogen and oxygen atoms in total. The second-order valence-corrected chi connectivity index (χ2v) is 5.58. The summed E-state index contributed by atoms with van der Waals surface area (Å²) in [6.45, 7) is 0. The van der Waals surface area contributed by atoms with Crippen molar-refractivity contribution in [3.05, 3.63) is 70.3 Å². The SMILES string of the molecule is O=C(O)Cc1c(-c2ccc(F)cc2)oc2c1c(=O)oc1ccccc12. The van der Waals surface area contributed by atoms with E-state index in [2.05, 4.69) is 0 Å². The zero-order valence-electron chi connectivity index (χ0n) is 12.8. The standard InChI is InChI=1S/C19H11FO5/c20-11-7-5-10(6-8-11)17-13(9-15(21)22)16-18(25-17)12-3-1-2-4-14(12)24-19(16)23/h1-8H,9H2,(H,21,22). The van der Waals surface area contributed by atoms with Gasteiger partial charge in [-0.3, -0.25) is 4.79 Å². The molecule has 0 aliphatic carbocycles. The van der Waals surface area contributed by atoms with Crippen molar-refractivity contribution in [1.82, 2.24) is 0 Å². The number of hydrogen-bond acceptors (Lipinski definition) is 4. The van der Waals surface area contributed by atoms with Crippen molar-refractivity contribution in [3.8, 4) is 11.3 Å². The number of carboxylic acid groups (broad SMARTS) is 1. The zero-order chi connectivity index (χ0) is 17.6. The number of para-hydroxylation sites is 1. The molecule has 2 aromatic carbocycles. The molecular weight excluding hydrogens is 327 g/mol. The Morgan fingerprint density at radius 2 is 1.76 bits per heavy atom. The van der Waals surface area contributed by atoms with Crippen molar-refractivity contribution in [2.45, 2.75) is 6.42 Å². The second kappa shape index (κ2) is 5.59. The Morgan fingerprint density at radius 1 is 1.04 bits per heavy atom. The average molecular weight is 338 g/mol. The molecule has 0 unspecified atom stereocenters. The highest BCUT2D eigenvalue weighted by molar-refractivity contribution is 6.04. The van der Waals surface area contributed by atoms with Crippen molar-refractivity contribution in [1.29, 1.82) is 0 Å². The third-order valence-electron chi connectivity index (χ3n) is 3.98. The molecular formula is C19H11FO5. The number of aliphatic carboxylic acids is 1. The van der Waals surface area contributed by atoms with Crippen LogP contribution in [-0.2, 0) is 11.2 Å². The van der Waals surface area contributed by atoms with Gasteiger partial charge in [-0.05, 0) is 36.4 Å². The second-order valence-electron chi connectivity index (χ2n) is 5.58. The summed E-state index contributed by atoms with van der Waals surface area (Å²) in [6.07, 6.45) is -0.414. The van der Waals surface area contributed by atoms with E-state index in [0.29, 0.717) is 16.5 Å².